The number of ether oxygens (including phenoxy) is 1. The molecule has 0 bridgehead atoms. The van der Waals surface area contributed by atoms with Crippen molar-refractivity contribution in [2.45, 2.75) is 38.8 Å². The monoisotopic (exact) mass is 196 g/mol. The maximum atomic E-state index is 5.34. The molecule has 0 atom stereocenters. The summed E-state index contributed by atoms with van der Waals surface area (Å²) in [4.78, 5) is 0. The molecular formula is C11H20OSi. The zero-order valence-corrected chi connectivity index (χ0v) is 9.81. The summed E-state index contributed by atoms with van der Waals surface area (Å²) >= 11 is 0. The first kappa shape index (κ1) is 10.6. The van der Waals surface area contributed by atoms with Gasteiger partial charge in [-0.05, 0) is 25.7 Å². The molecule has 0 saturated heterocycles. The van der Waals surface area contributed by atoms with Crippen molar-refractivity contribution in [1.29, 1.82) is 0 Å². The molecule has 0 N–H and O–H groups in total. The Morgan fingerprint density at radius 1 is 1.54 bits per heavy atom. The summed E-state index contributed by atoms with van der Waals surface area (Å²) in [5.74, 6) is 0. The van der Waals surface area contributed by atoms with Crippen molar-refractivity contribution in [3.63, 3.8) is 0 Å². The van der Waals surface area contributed by atoms with Crippen LogP contribution in [0.15, 0.2) is 24.1 Å². The number of hydrogen-bond donors (Lipinski definition) is 0. The van der Waals surface area contributed by atoms with Crippen LogP contribution in [0.25, 0.3) is 0 Å². The van der Waals surface area contributed by atoms with E-state index in [1.165, 1.54) is 25.7 Å². The number of allylic oxidation sites excluding steroid dienone is 2. The summed E-state index contributed by atoms with van der Waals surface area (Å²) in [6, 6.07) is 0. The van der Waals surface area contributed by atoms with Gasteiger partial charge in [0.25, 0.3) is 0 Å². The first-order valence-corrected chi connectivity index (χ1v) is 8.29. The molecule has 13 heavy (non-hydrogen) atoms. The van der Waals surface area contributed by atoms with Gasteiger partial charge in [-0.2, -0.15) is 0 Å². The maximum absolute atomic E-state index is 5.34. The van der Waals surface area contributed by atoms with E-state index in [1.54, 1.807) is 11.5 Å². The van der Waals surface area contributed by atoms with Gasteiger partial charge in [0, 0.05) is 0 Å². The van der Waals surface area contributed by atoms with Crippen molar-refractivity contribution in [3.8, 4) is 0 Å². The molecule has 0 fully saturated rings. The molecule has 0 heterocycles. The topological polar surface area (TPSA) is 9.23 Å². The fourth-order valence-electron chi connectivity index (χ4n) is 1.81. The summed E-state index contributed by atoms with van der Waals surface area (Å²) in [6.07, 6.45) is 10.2. The van der Waals surface area contributed by atoms with Crippen LogP contribution < -0.4 is 0 Å². The van der Waals surface area contributed by atoms with Gasteiger partial charge in [0.05, 0.1) is 12.5 Å². The average Bonchev–Trinajstić information content (AvgIpc) is 2.16. The molecule has 1 aliphatic carbocycles. The van der Waals surface area contributed by atoms with E-state index in [9.17, 15) is 0 Å². The Labute approximate surface area is 82.5 Å². The van der Waals surface area contributed by atoms with Gasteiger partial charge in [-0.1, -0.05) is 30.9 Å². The Hall–Kier alpha value is -0.503. The second-order valence-electron chi connectivity index (χ2n) is 4.34. The first-order valence-electron chi connectivity index (χ1n) is 5.09. The van der Waals surface area contributed by atoms with Gasteiger partial charge in [0.15, 0.2) is 0 Å². The minimum atomic E-state index is -1.26. The van der Waals surface area contributed by atoms with Gasteiger partial charge in [0.2, 0.25) is 0 Å². The predicted molar refractivity (Wildman–Crippen MR) is 60.2 cm³/mol. The van der Waals surface area contributed by atoms with Crippen molar-refractivity contribution in [3.05, 3.63) is 24.1 Å². The molecule has 0 aromatic rings. The average molecular weight is 196 g/mol. The lowest BCUT2D eigenvalue weighted by Gasteiger charge is -2.27. The molecule has 0 spiro atoms. The molecule has 0 aromatic heterocycles. The van der Waals surface area contributed by atoms with Crippen LogP contribution in [0.4, 0.5) is 0 Å². The maximum Gasteiger partial charge on any atom is 0.118 e. The SMILES string of the molecule is C=COC[Si](C)(C)C1=CCCCC1. The number of rotatable bonds is 4. The third-order valence-electron chi connectivity index (χ3n) is 2.72. The van der Waals surface area contributed by atoms with E-state index in [-0.39, 0.29) is 0 Å². The Balaban J connectivity index is 2.55. The van der Waals surface area contributed by atoms with E-state index in [0.717, 1.165) is 6.23 Å². The summed E-state index contributed by atoms with van der Waals surface area (Å²) in [5, 5.41) is 1.70. The third-order valence-corrected chi connectivity index (χ3v) is 5.80. The lowest BCUT2D eigenvalue weighted by Crippen LogP contribution is -2.35. The van der Waals surface area contributed by atoms with Crippen molar-refractivity contribution in [2.24, 2.45) is 0 Å². The fraction of sp³-hybridized carbons (Fsp3) is 0.636. The molecule has 0 radical (unpaired) electrons. The minimum Gasteiger partial charge on any atom is -0.505 e. The summed E-state index contributed by atoms with van der Waals surface area (Å²) < 4.78 is 5.34. The highest BCUT2D eigenvalue weighted by Crippen LogP contribution is 2.26. The highest BCUT2D eigenvalue weighted by molar-refractivity contribution is 6.84. The van der Waals surface area contributed by atoms with E-state index in [1.807, 2.05) is 0 Å². The molecule has 0 aliphatic heterocycles. The zero-order valence-electron chi connectivity index (χ0n) is 8.81. The lowest BCUT2D eigenvalue weighted by molar-refractivity contribution is 0.305. The van der Waals surface area contributed by atoms with E-state index in [2.05, 4.69) is 25.7 Å². The normalized spacial score (nSPS) is 17.8. The molecular weight excluding hydrogens is 176 g/mol. The summed E-state index contributed by atoms with van der Waals surface area (Å²) in [7, 11) is -1.26. The van der Waals surface area contributed by atoms with Crippen molar-refractivity contribution in [1.82, 2.24) is 0 Å². The van der Waals surface area contributed by atoms with Crippen molar-refractivity contribution >= 4 is 8.07 Å². The van der Waals surface area contributed by atoms with Crippen LogP contribution in [0.3, 0.4) is 0 Å². The van der Waals surface area contributed by atoms with E-state index < -0.39 is 8.07 Å². The zero-order chi connectivity index (χ0) is 9.73. The second-order valence-corrected chi connectivity index (χ2v) is 9.04. The number of hydrogen-bond acceptors (Lipinski definition) is 1. The van der Waals surface area contributed by atoms with Gasteiger partial charge in [-0.25, -0.2) is 0 Å². The van der Waals surface area contributed by atoms with E-state index >= 15 is 0 Å². The van der Waals surface area contributed by atoms with Crippen LogP contribution in [-0.4, -0.2) is 14.3 Å². The molecule has 0 aromatic carbocycles. The standard InChI is InChI=1S/C11H20OSi/c1-4-12-10-13(2,3)11-8-6-5-7-9-11/h4,8H,1,5-7,9-10H2,2-3H3. The first-order chi connectivity index (χ1) is 6.17. The van der Waals surface area contributed by atoms with Gasteiger partial charge in [0.1, 0.15) is 8.07 Å². The molecule has 1 rings (SSSR count). The highest BCUT2D eigenvalue weighted by atomic mass is 28.3. The molecule has 0 saturated carbocycles. The van der Waals surface area contributed by atoms with Crippen LogP contribution in [-0.2, 0) is 4.74 Å². The molecule has 0 amide bonds. The van der Waals surface area contributed by atoms with Crippen LogP contribution in [0.1, 0.15) is 25.7 Å². The third kappa shape index (κ3) is 3.03. The van der Waals surface area contributed by atoms with Gasteiger partial charge < -0.3 is 4.74 Å². The lowest BCUT2D eigenvalue weighted by atomic mass is 10.1. The quantitative estimate of drug-likeness (QED) is 0.494. The molecule has 0 unspecified atom stereocenters. The smallest absolute Gasteiger partial charge is 0.118 e. The largest absolute Gasteiger partial charge is 0.505 e. The van der Waals surface area contributed by atoms with Crippen LogP contribution in [0, 0.1) is 0 Å². The Morgan fingerprint density at radius 3 is 2.85 bits per heavy atom. The molecule has 1 aliphatic rings. The minimum absolute atomic E-state index is 0.891. The predicted octanol–water partition coefficient (Wildman–Crippen LogP) is 3.43. The molecule has 74 valence electrons. The van der Waals surface area contributed by atoms with Gasteiger partial charge in [-0.3, -0.25) is 0 Å². The Morgan fingerprint density at radius 2 is 2.31 bits per heavy atom. The van der Waals surface area contributed by atoms with E-state index in [4.69, 9.17) is 4.74 Å². The van der Waals surface area contributed by atoms with Crippen molar-refractivity contribution in [2.75, 3.05) is 6.23 Å². The summed E-state index contributed by atoms with van der Waals surface area (Å²) in [6.45, 7) is 8.35. The Bertz CT molecular complexity index is 206. The van der Waals surface area contributed by atoms with Crippen LogP contribution in [0.2, 0.25) is 13.1 Å². The van der Waals surface area contributed by atoms with Crippen molar-refractivity contribution < 1.29 is 4.74 Å². The van der Waals surface area contributed by atoms with Gasteiger partial charge in [-0.15, -0.1) is 0 Å². The Kier molecular flexibility index (Phi) is 3.79. The molecule has 2 heteroatoms. The fourth-order valence-corrected chi connectivity index (χ4v) is 4.08. The highest BCUT2D eigenvalue weighted by Gasteiger charge is 2.27. The van der Waals surface area contributed by atoms with Crippen LogP contribution in [0.5, 0.6) is 0 Å². The van der Waals surface area contributed by atoms with Crippen LogP contribution >= 0.6 is 0 Å². The molecule has 1 nitrogen and oxygen atoms in total. The second kappa shape index (κ2) is 4.65. The van der Waals surface area contributed by atoms with E-state index in [0.29, 0.717) is 0 Å². The summed E-state index contributed by atoms with van der Waals surface area (Å²) in [5.41, 5.74) is 0. The van der Waals surface area contributed by atoms with Gasteiger partial charge >= 0.3 is 0 Å².